The molecule has 0 spiro atoms. The maximum atomic E-state index is 4.30. The van der Waals surface area contributed by atoms with Gasteiger partial charge in [0.2, 0.25) is 0 Å². The van der Waals surface area contributed by atoms with E-state index in [1.807, 2.05) is 11.3 Å². The number of hydrogen-bond acceptors (Lipinski definition) is 5. The topological polar surface area (TPSA) is 37.8 Å². The van der Waals surface area contributed by atoms with Crippen LogP contribution in [0.3, 0.4) is 0 Å². The van der Waals surface area contributed by atoms with Crippen LogP contribution in [0.4, 0.5) is 0 Å². The third-order valence-electron chi connectivity index (χ3n) is 2.73. The summed E-state index contributed by atoms with van der Waals surface area (Å²) in [6.07, 6.45) is 2.23. The summed E-state index contributed by atoms with van der Waals surface area (Å²) in [5.74, 6) is 0. The molecule has 5 heteroatoms. The van der Waals surface area contributed by atoms with Gasteiger partial charge in [0.15, 0.2) is 5.01 Å². The fourth-order valence-electron chi connectivity index (χ4n) is 1.64. The zero-order valence-electron chi connectivity index (χ0n) is 11.1. The van der Waals surface area contributed by atoms with Crippen LogP contribution in [-0.4, -0.2) is 16.7 Å². The highest BCUT2D eigenvalue weighted by Gasteiger charge is 2.13. The summed E-state index contributed by atoms with van der Waals surface area (Å²) < 4.78 is 0. The zero-order valence-corrected chi connectivity index (χ0v) is 12.7. The molecule has 0 aromatic carbocycles. The standard InChI is InChI=1S/C13H19N3S2/c1-4-8-14-9(3)12-15-16-13(18-12)11-7-6-10(5-2)17-11/h6-7,9,14H,4-5,8H2,1-3H3. The molecule has 0 radical (unpaired) electrons. The second-order valence-corrected chi connectivity index (χ2v) is 6.42. The number of rotatable bonds is 6. The summed E-state index contributed by atoms with van der Waals surface area (Å²) in [5.41, 5.74) is 0. The normalized spacial score (nSPS) is 12.8. The maximum Gasteiger partial charge on any atom is 0.157 e. The van der Waals surface area contributed by atoms with Gasteiger partial charge in [-0.3, -0.25) is 0 Å². The van der Waals surface area contributed by atoms with Crippen LogP contribution >= 0.6 is 22.7 Å². The average Bonchev–Trinajstić information content (AvgIpc) is 3.03. The van der Waals surface area contributed by atoms with Crippen molar-refractivity contribution >= 4 is 22.7 Å². The van der Waals surface area contributed by atoms with Crippen molar-refractivity contribution in [1.82, 2.24) is 15.5 Å². The predicted octanol–water partition coefficient (Wildman–Crippen LogP) is 3.89. The number of thiophene rings is 1. The molecule has 2 heterocycles. The Kier molecular flexibility index (Phi) is 4.86. The smallest absolute Gasteiger partial charge is 0.157 e. The van der Waals surface area contributed by atoms with Gasteiger partial charge in [0.1, 0.15) is 5.01 Å². The van der Waals surface area contributed by atoms with Crippen molar-refractivity contribution in [2.45, 2.75) is 39.7 Å². The van der Waals surface area contributed by atoms with Crippen LogP contribution in [0, 0.1) is 0 Å². The summed E-state index contributed by atoms with van der Waals surface area (Å²) >= 11 is 3.51. The van der Waals surface area contributed by atoms with Crippen LogP contribution in [0.15, 0.2) is 12.1 Å². The highest BCUT2D eigenvalue weighted by atomic mass is 32.1. The van der Waals surface area contributed by atoms with Crippen molar-refractivity contribution in [3.63, 3.8) is 0 Å². The van der Waals surface area contributed by atoms with E-state index in [1.165, 1.54) is 9.75 Å². The molecule has 2 rings (SSSR count). The number of hydrogen-bond donors (Lipinski definition) is 1. The van der Waals surface area contributed by atoms with Crippen molar-refractivity contribution in [1.29, 1.82) is 0 Å². The van der Waals surface area contributed by atoms with E-state index in [-0.39, 0.29) is 0 Å². The van der Waals surface area contributed by atoms with Gasteiger partial charge in [-0.1, -0.05) is 25.2 Å². The first-order valence-electron chi connectivity index (χ1n) is 6.40. The summed E-state index contributed by atoms with van der Waals surface area (Å²) in [4.78, 5) is 2.64. The molecule has 18 heavy (non-hydrogen) atoms. The molecule has 0 bridgehead atoms. The summed E-state index contributed by atoms with van der Waals surface area (Å²) in [6, 6.07) is 4.62. The van der Waals surface area contributed by atoms with Gasteiger partial charge in [0, 0.05) is 4.88 Å². The fraction of sp³-hybridized carbons (Fsp3) is 0.538. The van der Waals surface area contributed by atoms with Crippen molar-refractivity contribution in [3.8, 4) is 9.88 Å². The molecular weight excluding hydrogens is 262 g/mol. The van der Waals surface area contributed by atoms with E-state index < -0.39 is 0 Å². The second kappa shape index (κ2) is 6.41. The summed E-state index contributed by atoms with van der Waals surface area (Å²) in [7, 11) is 0. The number of aromatic nitrogens is 2. The number of nitrogens with one attached hydrogen (secondary N) is 1. The minimum Gasteiger partial charge on any atom is -0.308 e. The van der Waals surface area contributed by atoms with Crippen molar-refractivity contribution in [2.75, 3.05) is 6.54 Å². The lowest BCUT2D eigenvalue weighted by Gasteiger charge is -2.08. The summed E-state index contributed by atoms with van der Waals surface area (Å²) in [6.45, 7) is 7.52. The van der Waals surface area contributed by atoms with E-state index in [0.29, 0.717) is 6.04 Å². The largest absolute Gasteiger partial charge is 0.308 e. The van der Waals surface area contributed by atoms with Gasteiger partial charge in [0.25, 0.3) is 0 Å². The molecule has 0 aliphatic heterocycles. The van der Waals surface area contributed by atoms with Gasteiger partial charge in [-0.2, -0.15) is 0 Å². The molecule has 1 unspecified atom stereocenters. The highest BCUT2D eigenvalue weighted by molar-refractivity contribution is 7.21. The van der Waals surface area contributed by atoms with E-state index in [0.717, 1.165) is 29.4 Å². The van der Waals surface area contributed by atoms with E-state index >= 15 is 0 Å². The minimum absolute atomic E-state index is 0.293. The Balaban J connectivity index is 2.09. The number of aryl methyl sites for hydroxylation is 1. The molecule has 0 fully saturated rings. The van der Waals surface area contributed by atoms with E-state index in [9.17, 15) is 0 Å². The van der Waals surface area contributed by atoms with Crippen LogP contribution in [0.2, 0.25) is 0 Å². The van der Waals surface area contributed by atoms with Crippen LogP contribution in [0.1, 0.15) is 43.1 Å². The Morgan fingerprint density at radius 1 is 1.22 bits per heavy atom. The monoisotopic (exact) mass is 281 g/mol. The molecule has 2 aromatic rings. The highest BCUT2D eigenvalue weighted by Crippen LogP contribution is 2.32. The third kappa shape index (κ3) is 3.16. The van der Waals surface area contributed by atoms with Gasteiger partial charge in [-0.25, -0.2) is 0 Å². The average molecular weight is 281 g/mol. The molecule has 3 nitrogen and oxygen atoms in total. The molecule has 0 aliphatic rings. The second-order valence-electron chi connectivity index (χ2n) is 4.24. The van der Waals surface area contributed by atoms with E-state index in [2.05, 4.69) is 48.4 Å². The van der Waals surface area contributed by atoms with Crippen molar-refractivity contribution in [2.24, 2.45) is 0 Å². The fourth-order valence-corrected chi connectivity index (χ4v) is 3.51. The van der Waals surface area contributed by atoms with Crippen LogP contribution in [0.5, 0.6) is 0 Å². The third-order valence-corrected chi connectivity index (χ3v) is 5.24. The SMILES string of the molecule is CCCNC(C)c1nnc(-c2ccc(CC)s2)s1. The van der Waals surface area contributed by atoms with Gasteiger partial charge in [0.05, 0.1) is 10.9 Å². The Morgan fingerprint density at radius 2 is 2.06 bits per heavy atom. The van der Waals surface area contributed by atoms with Gasteiger partial charge < -0.3 is 5.32 Å². The van der Waals surface area contributed by atoms with Gasteiger partial charge in [-0.15, -0.1) is 21.5 Å². The molecule has 2 aromatic heterocycles. The van der Waals surface area contributed by atoms with Crippen LogP contribution in [-0.2, 0) is 6.42 Å². The van der Waals surface area contributed by atoms with E-state index in [1.54, 1.807) is 11.3 Å². The van der Waals surface area contributed by atoms with Gasteiger partial charge in [-0.05, 0) is 38.4 Å². The first kappa shape index (κ1) is 13.6. The van der Waals surface area contributed by atoms with Crippen LogP contribution < -0.4 is 5.32 Å². The molecular formula is C13H19N3S2. The molecule has 98 valence electrons. The lowest BCUT2D eigenvalue weighted by molar-refractivity contribution is 0.564. The first-order valence-corrected chi connectivity index (χ1v) is 8.03. The Labute approximate surface area is 116 Å². The molecule has 1 atom stereocenters. The molecule has 0 saturated carbocycles. The summed E-state index contributed by atoms with van der Waals surface area (Å²) in [5, 5.41) is 14.2. The number of nitrogens with zero attached hydrogens (tertiary/aromatic N) is 2. The lowest BCUT2D eigenvalue weighted by Crippen LogP contribution is -2.18. The molecule has 1 N–H and O–H groups in total. The minimum atomic E-state index is 0.293. The van der Waals surface area contributed by atoms with Crippen molar-refractivity contribution in [3.05, 3.63) is 22.0 Å². The molecule has 0 amide bonds. The Bertz CT molecular complexity index is 490. The zero-order chi connectivity index (χ0) is 13.0. The van der Waals surface area contributed by atoms with E-state index in [4.69, 9.17) is 0 Å². The van der Waals surface area contributed by atoms with Crippen molar-refractivity contribution < 1.29 is 0 Å². The first-order chi connectivity index (χ1) is 8.74. The van der Waals surface area contributed by atoms with Gasteiger partial charge >= 0.3 is 0 Å². The Morgan fingerprint density at radius 3 is 2.72 bits per heavy atom. The predicted molar refractivity (Wildman–Crippen MR) is 79.3 cm³/mol. The lowest BCUT2D eigenvalue weighted by atomic mass is 10.3. The molecule has 0 aliphatic carbocycles. The van der Waals surface area contributed by atoms with Crippen LogP contribution in [0.25, 0.3) is 9.88 Å². The maximum absolute atomic E-state index is 4.30. The molecule has 0 saturated heterocycles. The quantitative estimate of drug-likeness (QED) is 0.873. The Hall–Kier alpha value is -0.780.